The lowest BCUT2D eigenvalue weighted by Gasteiger charge is -2.05. The van der Waals surface area contributed by atoms with Crippen LogP contribution in [0.2, 0.25) is 0 Å². The van der Waals surface area contributed by atoms with Crippen LogP contribution >= 0.6 is 0 Å². The van der Waals surface area contributed by atoms with Crippen molar-refractivity contribution >= 4 is 15.7 Å². The minimum Gasteiger partial charge on any atom is -0.441 e. The van der Waals surface area contributed by atoms with Crippen LogP contribution in [-0.4, -0.2) is 25.6 Å². The Kier molecular flexibility index (Phi) is 3.66. The first-order valence-electron chi connectivity index (χ1n) is 5.43. The highest BCUT2D eigenvalue weighted by molar-refractivity contribution is 7.90. The monoisotopic (exact) mass is 280 g/mol. The van der Waals surface area contributed by atoms with Gasteiger partial charge in [-0.25, -0.2) is 13.4 Å². The van der Waals surface area contributed by atoms with Gasteiger partial charge in [0.15, 0.2) is 9.84 Å². The molecule has 0 saturated carbocycles. The zero-order valence-electron chi connectivity index (χ0n) is 10.2. The van der Waals surface area contributed by atoms with Crippen LogP contribution in [0, 0.1) is 0 Å². The molecular weight excluding hydrogens is 268 g/mol. The average molecular weight is 280 g/mol. The van der Waals surface area contributed by atoms with E-state index in [4.69, 9.17) is 4.42 Å². The van der Waals surface area contributed by atoms with Crippen molar-refractivity contribution in [1.82, 2.24) is 10.3 Å². The molecule has 0 spiro atoms. The molecule has 6 nitrogen and oxygen atoms in total. The largest absolute Gasteiger partial charge is 0.441 e. The third-order valence-corrected chi connectivity index (χ3v) is 3.52. The lowest BCUT2D eigenvalue weighted by molar-refractivity contribution is 0.0916. The van der Waals surface area contributed by atoms with Crippen LogP contribution in [0.25, 0.3) is 0 Å². The van der Waals surface area contributed by atoms with Gasteiger partial charge in [0, 0.05) is 12.8 Å². The molecule has 0 fully saturated rings. The fourth-order valence-electron chi connectivity index (χ4n) is 1.48. The molecule has 0 saturated heterocycles. The molecule has 0 aliphatic carbocycles. The normalized spacial score (nSPS) is 11.2. The van der Waals surface area contributed by atoms with Gasteiger partial charge in [0.1, 0.15) is 6.26 Å². The summed E-state index contributed by atoms with van der Waals surface area (Å²) in [6.07, 6.45) is 3.82. The third-order valence-electron chi connectivity index (χ3n) is 2.41. The molecule has 7 heteroatoms. The molecule has 0 atom stereocenters. The van der Waals surface area contributed by atoms with Crippen molar-refractivity contribution in [3.63, 3.8) is 0 Å². The van der Waals surface area contributed by atoms with Crippen molar-refractivity contribution in [1.29, 1.82) is 0 Å². The molecule has 2 rings (SSSR count). The van der Waals surface area contributed by atoms with Gasteiger partial charge < -0.3 is 9.73 Å². The van der Waals surface area contributed by atoms with E-state index in [1.807, 2.05) is 0 Å². The summed E-state index contributed by atoms with van der Waals surface area (Å²) in [5.74, 6) is -0.478. The van der Waals surface area contributed by atoms with Crippen LogP contribution in [0.15, 0.2) is 46.0 Å². The maximum atomic E-state index is 11.6. The van der Waals surface area contributed by atoms with E-state index in [-0.39, 0.29) is 17.3 Å². The zero-order valence-corrected chi connectivity index (χ0v) is 11.0. The Hall–Kier alpha value is -2.15. The predicted octanol–water partition coefficient (Wildman–Crippen LogP) is 1.01. The van der Waals surface area contributed by atoms with Gasteiger partial charge in [0.2, 0.25) is 0 Å². The van der Waals surface area contributed by atoms with E-state index in [1.165, 1.54) is 24.6 Å². The highest BCUT2D eigenvalue weighted by atomic mass is 32.2. The average Bonchev–Trinajstić information content (AvgIpc) is 2.89. The number of rotatable bonds is 4. The maximum absolute atomic E-state index is 11.6. The summed E-state index contributed by atoms with van der Waals surface area (Å²) in [5, 5.41) is 2.59. The van der Waals surface area contributed by atoms with Crippen LogP contribution in [0.3, 0.4) is 0 Å². The quantitative estimate of drug-likeness (QED) is 0.902. The van der Waals surface area contributed by atoms with Crippen LogP contribution in [0.4, 0.5) is 0 Å². The number of sulfone groups is 1. The van der Waals surface area contributed by atoms with Crippen molar-refractivity contribution < 1.29 is 17.6 Å². The minimum atomic E-state index is -3.25. The number of aromatic nitrogens is 1. The smallest absolute Gasteiger partial charge is 0.307 e. The Morgan fingerprint density at radius 2 is 2.21 bits per heavy atom. The van der Waals surface area contributed by atoms with Gasteiger partial charge in [-0.15, -0.1) is 0 Å². The minimum absolute atomic E-state index is 0.0285. The highest BCUT2D eigenvalue weighted by Crippen LogP contribution is 2.11. The molecular formula is C12H12N2O4S. The van der Waals surface area contributed by atoms with Gasteiger partial charge in [-0.05, 0) is 17.7 Å². The topological polar surface area (TPSA) is 89.3 Å². The summed E-state index contributed by atoms with van der Waals surface area (Å²) in [6.45, 7) is 0.199. The van der Waals surface area contributed by atoms with Gasteiger partial charge in [0.05, 0.1) is 11.1 Å². The van der Waals surface area contributed by atoms with Gasteiger partial charge in [-0.1, -0.05) is 12.1 Å². The summed E-state index contributed by atoms with van der Waals surface area (Å²) in [4.78, 5) is 15.5. The van der Waals surface area contributed by atoms with Gasteiger partial charge in [-0.2, -0.15) is 0 Å². The summed E-state index contributed by atoms with van der Waals surface area (Å²) in [5.41, 5.74) is 0.683. The van der Waals surface area contributed by atoms with E-state index in [0.29, 0.717) is 5.56 Å². The van der Waals surface area contributed by atoms with Gasteiger partial charge >= 0.3 is 5.91 Å². The van der Waals surface area contributed by atoms with Crippen LogP contribution in [0.1, 0.15) is 16.2 Å². The van der Waals surface area contributed by atoms with Crippen LogP contribution < -0.4 is 5.32 Å². The highest BCUT2D eigenvalue weighted by Gasteiger charge is 2.11. The van der Waals surface area contributed by atoms with E-state index in [1.54, 1.807) is 12.1 Å². The van der Waals surface area contributed by atoms with E-state index in [2.05, 4.69) is 10.3 Å². The number of hydrogen-bond donors (Lipinski definition) is 1. The van der Waals surface area contributed by atoms with Crippen molar-refractivity contribution in [3.8, 4) is 0 Å². The number of nitrogens with zero attached hydrogens (tertiary/aromatic N) is 1. The fourth-order valence-corrected chi connectivity index (χ4v) is 2.17. The van der Waals surface area contributed by atoms with Gasteiger partial charge in [-0.3, -0.25) is 4.79 Å². The summed E-state index contributed by atoms with van der Waals surface area (Å²) >= 11 is 0. The summed E-state index contributed by atoms with van der Waals surface area (Å²) in [7, 11) is -3.25. The Morgan fingerprint density at radius 3 is 2.84 bits per heavy atom. The molecule has 1 heterocycles. The van der Waals surface area contributed by atoms with Crippen molar-refractivity contribution in [3.05, 3.63) is 48.2 Å². The molecule has 1 aromatic heterocycles. The molecule has 0 unspecified atom stereocenters. The molecule has 1 N–H and O–H groups in total. The number of carbonyl (C=O) groups is 1. The fraction of sp³-hybridized carbons (Fsp3) is 0.167. The summed E-state index contributed by atoms with van der Waals surface area (Å²) < 4.78 is 27.6. The standard InChI is InChI=1S/C12H12N2O4S/c1-19(16,17)10-4-2-3-9(7-10)8-14-11(15)12-13-5-6-18-12/h2-7H,8H2,1H3,(H,14,15). The Labute approximate surface area is 110 Å². The summed E-state index contributed by atoms with van der Waals surface area (Å²) in [6, 6.07) is 6.38. The molecule has 0 aliphatic rings. The second-order valence-corrected chi connectivity index (χ2v) is 5.96. The van der Waals surface area contributed by atoms with E-state index >= 15 is 0 Å². The SMILES string of the molecule is CS(=O)(=O)c1cccc(CNC(=O)c2ncco2)c1. The molecule has 0 aliphatic heterocycles. The van der Waals surface area contributed by atoms with Crippen molar-refractivity contribution in [2.45, 2.75) is 11.4 Å². The first-order valence-corrected chi connectivity index (χ1v) is 7.32. The number of benzene rings is 1. The predicted molar refractivity (Wildman–Crippen MR) is 67.2 cm³/mol. The van der Waals surface area contributed by atoms with E-state index in [0.717, 1.165) is 6.26 Å². The first-order chi connectivity index (χ1) is 8.97. The second-order valence-electron chi connectivity index (χ2n) is 3.94. The Bertz CT molecular complexity index is 678. The van der Waals surface area contributed by atoms with Crippen molar-refractivity contribution in [2.75, 3.05) is 6.26 Å². The molecule has 0 radical (unpaired) electrons. The first kappa shape index (κ1) is 13.3. The number of amides is 1. The molecule has 0 bridgehead atoms. The number of nitrogens with one attached hydrogen (secondary N) is 1. The zero-order chi connectivity index (χ0) is 13.9. The number of carbonyl (C=O) groups excluding carboxylic acids is 1. The third kappa shape index (κ3) is 3.41. The Morgan fingerprint density at radius 1 is 1.42 bits per heavy atom. The van der Waals surface area contributed by atoms with Crippen LogP contribution in [-0.2, 0) is 16.4 Å². The lowest BCUT2D eigenvalue weighted by atomic mass is 10.2. The molecule has 19 heavy (non-hydrogen) atoms. The van der Waals surface area contributed by atoms with Crippen molar-refractivity contribution in [2.24, 2.45) is 0 Å². The Balaban J connectivity index is 2.06. The number of oxazole rings is 1. The molecule has 100 valence electrons. The molecule has 1 amide bonds. The maximum Gasteiger partial charge on any atom is 0.307 e. The second kappa shape index (κ2) is 5.23. The van der Waals surface area contributed by atoms with Crippen LogP contribution in [0.5, 0.6) is 0 Å². The lowest BCUT2D eigenvalue weighted by Crippen LogP contribution is -2.23. The molecule has 2 aromatic rings. The number of hydrogen-bond acceptors (Lipinski definition) is 5. The van der Waals surface area contributed by atoms with E-state index < -0.39 is 15.7 Å². The van der Waals surface area contributed by atoms with E-state index in [9.17, 15) is 13.2 Å². The van der Waals surface area contributed by atoms with Gasteiger partial charge in [0.25, 0.3) is 5.89 Å². The molecule has 1 aromatic carbocycles.